The van der Waals surface area contributed by atoms with Crippen LogP contribution in [-0.4, -0.2) is 18.0 Å². The topological polar surface area (TPSA) is 29.3 Å². The molecule has 17 heavy (non-hydrogen) atoms. The Kier molecular flexibility index (Phi) is 2.83. The van der Waals surface area contributed by atoms with Gasteiger partial charge in [-0.2, -0.15) is 0 Å². The van der Waals surface area contributed by atoms with Crippen molar-refractivity contribution >= 4 is 5.69 Å². The van der Waals surface area contributed by atoms with Crippen LogP contribution in [0.25, 0.3) is 0 Å². The molecule has 0 spiro atoms. The average Bonchev–Trinajstić information content (AvgIpc) is 2.85. The van der Waals surface area contributed by atoms with Gasteiger partial charge < -0.3 is 5.73 Å². The Balaban J connectivity index is 1.70. The maximum atomic E-state index is 5.97. The summed E-state index contributed by atoms with van der Waals surface area (Å²) in [6.45, 7) is 5.84. The first kappa shape index (κ1) is 11.1. The molecule has 1 aliphatic heterocycles. The number of rotatable bonds is 2. The Bertz CT molecular complexity index is 401. The van der Waals surface area contributed by atoms with Crippen molar-refractivity contribution in [1.29, 1.82) is 0 Å². The van der Waals surface area contributed by atoms with E-state index in [1.54, 1.807) is 0 Å². The highest BCUT2D eigenvalue weighted by molar-refractivity contribution is 5.49. The molecule has 1 saturated carbocycles. The minimum atomic E-state index is 0.932. The summed E-state index contributed by atoms with van der Waals surface area (Å²) in [5.74, 6) is 1.97. The highest BCUT2D eigenvalue weighted by Gasteiger charge is 2.35. The summed E-state index contributed by atoms with van der Waals surface area (Å²) in [6.07, 6.45) is 4.37. The lowest BCUT2D eigenvalue weighted by atomic mass is 10.0. The van der Waals surface area contributed by atoms with Gasteiger partial charge in [-0.15, -0.1) is 0 Å². The van der Waals surface area contributed by atoms with Gasteiger partial charge >= 0.3 is 0 Å². The lowest BCUT2D eigenvalue weighted by Gasteiger charge is -2.18. The van der Waals surface area contributed by atoms with Crippen molar-refractivity contribution in [1.82, 2.24) is 4.90 Å². The quantitative estimate of drug-likeness (QED) is 0.792. The van der Waals surface area contributed by atoms with E-state index in [1.165, 1.54) is 43.5 Å². The molecule has 2 unspecified atom stereocenters. The molecule has 0 radical (unpaired) electrons. The minimum absolute atomic E-state index is 0.932. The smallest absolute Gasteiger partial charge is 0.0346 e. The van der Waals surface area contributed by atoms with Crippen molar-refractivity contribution in [3.8, 4) is 0 Å². The maximum Gasteiger partial charge on any atom is 0.0346 e. The van der Waals surface area contributed by atoms with Gasteiger partial charge in [0.1, 0.15) is 0 Å². The second-order valence-electron chi connectivity index (χ2n) is 5.78. The van der Waals surface area contributed by atoms with E-state index in [0.717, 1.165) is 24.1 Å². The molecule has 1 aromatic rings. The fourth-order valence-corrected chi connectivity index (χ4v) is 3.58. The summed E-state index contributed by atoms with van der Waals surface area (Å²) in [5, 5.41) is 0. The molecule has 0 bridgehead atoms. The van der Waals surface area contributed by atoms with E-state index in [0.29, 0.717) is 0 Å². The van der Waals surface area contributed by atoms with Crippen LogP contribution >= 0.6 is 0 Å². The number of anilines is 1. The first-order valence-corrected chi connectivity index (χ1v) is 6.80. The fraction of sp³-hybridized carbons (Fsp3) is 0.600. The van der Waals surface area contributed by atoms with E-state index in [4.69, 9.17) is 5.73 Å². The molecule has 2 atom stereocenters. The van der Waals surface area contributed by atoms with Crippen molar-refractivity contribution in [3.05, 3.63) is 29.3 Å². The largest absolute Gasteiger partial charge is 0.399 e. The van der Waals surface area contributed by atoms with Crippen LogP contribution in [0.2, 0.25) is 0 Å². The zero-order chi connectivity index (χ0) is 11.8. The molecule has 2 N–H and O–H groups in total. The predicted octanol–water partition coefficient (Wildman–Crippen LogP) is 2.81. The summed E-state index contributed by atoms with van der Waals surface area (Å²) in [5.41, 5.74) is 9.58. The highest BCUT2D eigenvalue weighted by atomic mass is 15.2. The second kappa shape index (κ2) is 4.34. The molecule has 0 amide bonds. The van der Waals surface area contributed by atoms with Gasteiger partial charge in [0.05, 0.1) is 0 Å². The zero-order valence-corrected chi connectivity index (χ0v) is 10.7. The van der Waals surface area contributed by atoms with Crippen LogP contribution in [0.5, 0.6) is 0 Å². The molecular formula is C15H22N2. The third-order valence-corrected chi connectivity index (χ3v) is 4.68. The van der Waals surface area contributed by atoms with Crippen molar-refractivity contribution < 1.29 is 0 Å². The van der Waals surface area contributed by atoms with Crippen molar-refractivity contribution in [3.63, 3.8) is 0 Å². The van der Waals surface area contributed by atoms with E-state index in [-0.39, 0.29) is 0 Å². The number of benzene rings is 1. The summed E-state index contributed by atoms with van der Waals surface area (Å²) in [4.78, 5) is 2.62. The van der Waals surface area contributed by atoms with Gasteiger partial charge in [0.15, 0.2) is 0 Å². The van der Waals surface area contributed by atoms with Crippen molar-refractivity contribution in [2.45, 2.75) is 32.7 Å². The van der Waals surface area contributed by atoms with Crippen LogP contribution in [0.15, 0.2) is 18.2 Å². The normalized spacial score (nSPS) is 28.5. The molecule has 1 saturated heterocycles. The minimum Gasteiger partial charge on any atom is -0.399 e. The van der Waals surface area contributed by atoms with E-state index in [2.05, 4.69) is 24.0 Å². The first-order valence-electron chi connectivity index (χ1n) is 6.80. The number of fused-ring (bicyclic) bond motifs is 1. The van der Waals surface area contributed by atoms with Crippen LogP contribution < -0.4 is 5.73 Å². The molecule has 2 nitrogen and oxygen atoms in total. The van der Waals surface area contributed by atoms with Gasteiger partial charge in [-0.05, 0) is 48.8 Å². The van der Waals surface area contributed by atoms with Crippen molar-refractivity contribution in [2.24, 2.45) is 11.8 Å². The summed E-state index contributed by atoms with van der Waals surface area (Å²) >= 11 is 0. The Hall–Kier alpha value is -1.02. The number of hydrogen-bond acceptors (Lipinski definition) is 2. The van der Waals surface area contributed by atoms with Gasteiger partial charge in [0.2, 0.25) is 0 Å². The average molecular weight is 230 g/mol. The molecular weight excluding hydrogens is 208 g/mol. The van der Waals surface area contributed by atoms with Gasteiger partial charge in [0.25, 0.3) is 0 Å². The van der Waals surface area contributed by atoms with E-state index < -0.39 is 0 Å². The summed E-state index contributed by atoms with van der Waals surface area (Å²) in [7, 11) is 0. The Morgan fingerprint density at radius 2 is 1.94 bits per heavy atom. The monoisotopic (exact) mass is 230 g/mol. The van der Waals surface area contributed by atoms with E-state index >= 15 is 0 Å². The predicted molar refractivity (Wildman–Crippen MR) is 71.7 cm³/mol. The number of nitrogens with two attached hydrogens (primary N) is 1. The lowest BCUT2D eigenvalue weighted by molar-refractivity contribution is 0.303. The molecule has 1 aromatic carbocycles. The summed E-state index contributed by atoms with van der Waals surface area (Å²) in [6, 6.07) is 6.30. The van der Waals surface area contributed by atoms with Crippen LogP contribution in [0.3, 0.4) is 0 Å². The summed E-state index contributed by atoms with van der Waals surface area (Å²) < 4.78 is 0. The Morgan fingerprint density at radius 1 is 1.24 bits per heavy atom. The van der Waals surface area contributed by atoms with Gasteiger partial charge in [0, 0.05) is 25.3 Å². The molecule has 2 heteroatoms. The molecule has 2 aliphatic rings. The fourth-order valence-electron chi connectivity index (χ4n) is 3.58. The number of likely N-dealkylation sites (tertiary alicyclic amines) is 1. The number of nitrogen functional groups attached to an aromatic ring is 1. The maximum absolute atomic E-state index is 5.97. The van der Waals surface area contributed by atoms with Gasteiger partial charge in [-0.3, -0.25) is 4.90 Å². The highest BCUT2D eigenvalue weighted by Crippen LogP contribution is 2.38. The third kappa shape index (κ3) is 2.06. The first-order chi connectivity index (χ1) is 8.24. The lowest BCUT2D eigenvalue weighted by Crippen LogP contribution is -2.21. The molecule has 0 aromatic heterocycles. The molecule has 3 rings (SSSR count). The van der Waals surface area contributed by atoms with Crippen LogP contribution in [0.1, 0.15) is 30.4 Å². The van der Waals surface area contributed by atoms with Crippen LogP contribution in [0, 0.1) is 18.8 Å². The standard InChI is InChI=1S/C15H22N2/c1-11-12(4-3-7-15(11)16)8-17-9-13-5-2-6-14(13)10-17/h3-4,7,13-14H,2,5-6,8-10,16H2,1H3. The zero-order valence-electron chi connectivity index (χ0n) is 10.7. The molecule has 2 fully saturated rings. The van der Waals surface area contributed by atoms with E-state index in [9.17, 15) is 0 Å². The number of hydrogen-bond donors (Lipinski definition) is 1. The Labute approximate surface area is 104 Å². The van der Waals surface area contributed by atoms with Gasteiger partial charge in [-0.1, -0.05) is 18.6 Å². The van der Waals surface area contributed by atoms with Crippen LogP contribution in [-0.2, 0) is 6.54 Å². The molecule has 1 heterocycles. The van der Waals surface area contributed by atoms with E-state index in [1.807, 2.05) is 6.07 Å². The van der Waals surface area contributed by atoms with Gasteiger partial charge in [-0.25, -0.2) is 0 Å². The Morgan fingerprint density at radius 3 is 2.65 bits per heavy atom. The van der Waals surface area contributed by atoms with Crippen molar-refractivity contribution in [2.75, 3.05) is 18.8 Å². The second-order valence-corrected chi connectivity index (χ2v) is 5.78. The number of nitrogens with zero attached hydrogens (tertiary/aromatic N) is 1. The third-order valence-electron chi connectivity index (χ3n) is 4.68. The SMILES string of the molecule is Cc1c(N)cccc1CN1CC2CCCC2C1. The van der Waals surface area contributed by atoms with Crippen LogP contribution in [0.4, 0.5) is 5.69 Å². The molecule has 92 valence electrons. The molecule has 1 aliphatic carbocycles.